The van der Waals surface area contributed by atoms with E-state index in [1.54, 1.807) is 0 Å². The van der Waals surface area contributed by atoms with E-state index in [1.165, 1.54) is 54.8 Å². The number of aromatic nitrogens is 1. The third-order valence-corrected chi connectivity index (χ3v) is 12.2. The molecule has 12 aromatic rings. The minimum atomic E-state index is 0.897. The maximum absolute atomic E-state index is 6.26. The van der Waals surface area contributed by atoms with Gasteiger partial charge < -0.3 is 13.9 Å². The van der Waals surface area contributed by atoms with E-state index < -0.39 is 0 Å². The number of hydrogen-bond donors (Lipinski definition) is 0. The van der Waals surface area contributed by atoms with Gasteiger partial charge in [-0.2, -0.15) is 0 Å². The molecule has 0 aliphatic heterocycles. The van der Waals surface area contributed by atoms with E-state index in [0.717, 1.165) is 55.8 Å². The van der Waals surface area contributed by atoms with Crippen molar-refractivity contribution in [3.05, 3.63) is 231 Å². The van der Waals surface area contributed by atoms with Crippen LogP contribution in [-0.4, -0.2) is 4.57 Å². The topological polar surface area (TPSA) is 21.3 Å². The molecule has 0 saturated carbocycles. The van der Waals surface area contributed by atoms with Crippen molar-refractivity contribution in [3.8, 4) is 39.1 Å². The molecule has 12 rings (SSSR count). The number of hydrogen-bond acceptors (Lipinski definition) is 2. The van der Waals surface area contributed by atoms with Crippen molar-refractivity contribution in [2.45, 2.75) is 0 Å². The first kappa shape index (κ1) is 34.9. The summed E-state index contributed by atoms with van der Waals surface area (Å²) in [6.07, 6.45) is 0. The van der Waals surface area contributed by atoms with Crippen LogP contribution in [0.2, 0.25) is 0 Å². The Morgan fingerprint density at radius 1 is 0.328 bits per heavy atom. The van der Waals surface area contributed by atoms with E-state index in [2.05, 4.69) is 228 Å². The lowest BCUT2D eigenvalue weighted by molar-refractivity contribution is 0.669. The predicted octanol–water partition coefficient (Wildman–Crippen LogP) is 16.3. The summed E-state index contributed by atoms with van der Waals surface area (Å²) in [7, 11) is 0. The van der Waals surface area contributed by atoms with Gasteiger partial charge in [0.1, 0.15) is 11.2 Å². The van der Waals surface area contributed by atoms with Crippen LogP contribution in [0.25, 0.3) is 93.6 Å². The predicted molar refractivity (Wildman–Crippen MR) is 257 cm³/mol. The molecule has 0 aliphatic rings. The Morgan fingerprint density at radius 3 is 1.64 bits per heavy atom. The number of anilines is 3. The van der Waals surface area contributed by atoms with Gasteiger partial charge in [0.25, 0.3) is 0 Å². The van der Waals surface area contributed by atoms with Crippen molar-refractivity contribution in [2.75, 3.05) is 4.90 Å². The van der Waals surface area contributed by atoms with Gasteiger partial charge in [-0.3, -0.25) is 0 Å². The third kappa shape index (κ3) is 5.98. The highest BCUT2D eigenvalue weighted by molar-refractivity contribution is 6.12. The molecule has 2 heterocycles. The van der Waals surface area contributed by atoms with E-state index in [4.69, 9.17) is 4.42 Å². The Labute approximate surface area is 353 Å². The maximum Gasteiger partial charge on any atom is 0.136 e. The smallest absolute Gasteiger partial charge is 0.136 e. The van der Waals surface area contributed by atoms with Crippen molar-refractivity contribution in [2.24, 2.45) is 0 Å². The molecule has 0 aliphatic carbocycles. The molecule has 0 radical (unpaired) electrons. The van der Waals surface area contributed by atoms with Crippen LogP contribution in [0.4, 0.5) is 17.1 Å². The molecule has 0 spiro atoms. The minimum absolute atomic E-state index is 0.897. The molecule has 61 heavy (non-hydrogen) atoms. The second-order valence-electron chi connectivity index (χ2n) is 15.7. The maximum atomic E-state index is 6.26. The summed E-state index contributed by atoms with van der Waals surface area (Å²) in [5.74, 6) is 0. The lowest BCUT2D eigenvalue weighted by Gasteiger charge is -2.26. The first-order valence-corrected chi connectivity index (χ1v) is 20.8. The molecule has 0 atom stereocenters. The average Bonchev–Trinajstić information content (AvgIpc) is 3.88. The van der Waals surface area contributed by atoms with Gasteiger partial charge >= 0.3 is 0 Å². The highest BCUT2D eigenvalue weighted by Gasteiger charge is 2.18. The molecule has 0 fully saturated rings. The van der Waals surface area contributed by atoms with Gasteiger partial charge in [0.05, 0.1) is 11.0 Å². The molecular formula is C58H38N2O. The Balaban J connectivity index is 0.966. The Hall–Kier alpha value is -8.14. The van der Waals surface area contributed by atoms with Crippen LogP contribution >= 0.6 is 0 Å². The molecular weight excluding hydrogens is 741 g/mol. The van der Waals surface area contributed by atoms with Crippen LogP contribution in [-0.2, 0) is 0 Å². The molecule has 286 valence electrons. The van der Waals surface area contributed by atoms with E-state index in [-0.39, 0.29) is 0 Å². The zero-order chi connectivity index (χ0) is 40.3. The Bertz CT molecular complexity index is 3540. The number of fused-ring (bicyclic) bond motifs is 7. The van der Waals surface area contributed by atoms with Crippen molar-refractivity contribution in [1.82, 2.24) is 4.57 Å². The summed E-state index contributed by atoms with van der Waals surface area (Å²) in [6.45, 7) is 0. The number of benzene rings is 10. The number of nitrogens with zero attached hydrogens (tertiary/aromatic N) is 2. The molecule has 0 unspecified atom stereocenters. The lowest BCUT2D eigenvalue weighted by atomic mass is 9.97. The molecule has 3 heteroatoms. The van der Waals surface area contributed by atoms with Crippen LogP contribution in [0.5, 0.6) is 0 Å². The van der Waals surface area contributed by atoms with Crippen LogP contribution in [0.3, 0.4) is 0 Å². The second kappa shape index (κ2) is 14.3. The summed E-state index contributed by atoms with van der Waals surface area (Å²) in [5.41, 5.74) is 15.6. The standard InChI is InChI=1S/C58H38N2O/c1-2-13-42-37-45(27-26-39(42)12-1)44-15-9-14-43(36-44)40-28-32-46(33-29-40)59(47-34-30-41(31-35-47)50-21-11-25-57-58(50)53-20-5-8-24-56(53)61-57)48-16-10-17-49(38-48)60-54-22-6-3-18-51(54)52-19-4-7-23-55(52)60/h1-38H. The monoisotopic (exact) mass is 778 g/mol. The van der Waals surface area contributed by atoms with E-state index >= 15 is 0 Å². The van der Waals surface area contributed by atoms with Crippen LogP contribution < -0.4 is 4.90 Å². The number of furan rings is 1. The molecule has 0 amide bonds. The fraction of sp³-hybridized carbons (Fsp3) is 0. The summed E-state index contributed by atoms with van der Waals surface area (Å²) < 4.78 is 8.65. The van der Waals surface area contributed by atoms with E-state index in [0.29, 0.717) is 0 Å². The molecule has 10 aromatic carbocycles. The normalized spacial score (nSPS) is 11.6. The first-order chi connectivity index (χ1) is 30.2. The van der Waals surface area contributed by atoms with Crippen molar-refractivity contribution in [3.63, 3.8) is 0 Å². The third-order valence-electron chi connectivity index (χ3n) is 12.2. The highest BCUT2D eigenvalue weighted by Crippen LogP contribution is 2.41. The average molecular weight is 779 g/mol. The molecule has 0 bridgehead atoms. The second-order valence-corrected chi connectivity index (χ2v) is 15.7. The molecule has 0 N–H and O–H groups in total. The molecule has 0 saturated heterocycles. The van der Waals surface area contributed by atoms with Gasteiger partial charge in [0.15, 0.2) is 0 Å². The largest absolute Gasteiger partial charge is 0.456 e. The lowest BCUT2D eigenvalue weighted by Crippen LogP contribution is -2.10. The van der Waals surface area contributed by atoms with Crippen molar-refractivity contribution < 1.29 is 4.42 Å². The van der Waals surface area contributed by atoms with Crippen LogP contribution in [0, 0.1) is 0 Å². The zero-order valence-corrected chi connectivity index (χ0v) is 33.2. The van der Waals surface area contributed by atoms with Gasteiger partial charge in [-0.15, -0.1) is 0 Å². The Morgan fingerprint density at radius 2 is 0.885 bits per heavy atom. The first-order valence-electron chi connectivity index (χ1n) is 20.8. The number of para-hydroxylation sites is 3. The van der Waals surface area contributed by atoms with E-state index in [9.17, 15) is 0 Å². The summed E-state index contributed by atoms with van der Waals surface area (Å²) >= 11 is 0. The highest BCUT2D eigenvalue weighted by atomic mass is 16.3. The quantitative estimate of drug-likeness (QED) is 0.161. The summed E-state index contributed by atoms with van der Waals surface area (Å²) in [4.78, 5) is 2.37. The fourth-order valence-corrected chi connectivity index (χ4v) is 9.27. The Kier molecular flexibility index (Phi) is 8.17. The van der Waals surface area contributed by atoms with Gasteiger partial charge in [-0.25, -0.2) is 0 Å². The molecule has 2 aromatic heterocycles. The minimum Gasteiger partial charge on any atom is -0.456 e. The van der Waals surface area contributed by atoms with Gasteiger partial charge in [-0.05, 0) is 123 Å². The summed E-state index contributed by atoms with van der Waals surface area (Å²) in [6, 6.07) is 83.0. The van der Waals surface area contributed by atoms with Gasteiger partial charge in [0, 0.05) is 44.3 Å². The SMILES string of the molecule is c1cc(-c2ccc(N(c3ccc(-c4cccc5oc6ccccc6c45)cc3)c3cccc(-n4c5ccccc5c5ccccc54)c3)cc2)cc(-c2ccc3ccccc3c2)c1. The van der Waals surface area contributed by atoms with Crippen molar-refractivity contribution >= 4 is 71.6 Å². The fourth-order valence-electron chi connectivity index (χ4n) is 9.27. The van der Waals surface area contributed by atoms with Crippen LogP contribution in [0.1, 0.15) is 0 Å². The van der Waals surface area contributed by atoms with Gasteiger partial charge in [-0.1, -0.05) is 152 Å². The van der Waals surface area contributed by atoms with Crippen molar-refractivity contribution in [1.29, 1.82) is 0 Å². The summed E-state index contributed by atoms with van der Waals surface area (Å²) in [5, 5.41) is 7.26. The van der Waals surface area contributed by atoms with Crippen LogP contribution in [0.15, 0.2) is 235 Å². The van der Waals surface area contributed by atoms with Gasteiger partial charge in [0.2, 0.25) is 0 Å². The van der Waals surface area contributed by atoms with E-state index in [1.807, 2.05) is 12.1 Å². The molecule has 3 nitrogen and oxygen atoms in total. The zero-order valence-electron chi connectivity index (χ0n) is 33.2. The number of rotatable bonds is 7.